The third kappa shape index (κ3) is 2.42. The number of allylic oxidation sites excluding steroid dienone is 2. The van der Waals surface area contributed by atoms with E-state index >= 15 is 0 Å². The van der Waals surface area contributed by atoms with Crippen LogP contribution < -0.4 is 4.90 Å². The summed E-state index contributed by atoms with van der Waals surface area (Å²) in [6.07, 6.45) is 0. The van der Waals surface area contributed by atoms with Crippen molar-refractivity contribution in [2.75, 3.05) is 26.0 Å². The molecule has 0 fully saturated rings. The molecule has 0 bridgehead atoms. The molecule has 4 nitrogen and oxygen atoms in total. The molecular weight excluding hydrogens is 288 g/mol. The van der Waals surface area contributed by atoms with Gasteiger partial charge in [-0.1, -0.05) is 42.5 Å². The summed E-state index contributed by atoms with van der Waals surface area (Å²) in [7, 11) is 5.38. The van der Waals surface area contributed by atoms with Gasteiger partial charge in [-0.15, -0.1) is 0 Å². The van der Waals surface area contributed by atoms with Gasteiger partial charge in [-0.05, 0) is 12.1 Å². The lowest BCUT2D eigenvalue weighted by molar-refractivity contribution is 0.0950. The molecule has 0 saturated heterocycles. The number of anilines is 1. The molecule has 0 aliphatic heterocycles. The number of rotatable bonds is 3. The highest BCUT2D eigenvalue weighted by molar-refractivity contribution is 6.27. The Morgan fingerprint density at radius 3 is 1.65 bits per heavy atom. The zero-order chi connectivity index (χ0) is 16.6. The number of nitrogens with zero attached hydrogens (tertiary/aromatic N) is 2. The Morgan fingerprint density at radius 2 is 1.13 bits per heavy atom. The molecule has 116 valence electrons. The maximum atomic E-state index is 13.0. The molecule has 0 atom stereocenters. The molecule has 3 rings (SSSR count). The first-order chi connectivity index (χ1) is 11.0. The average Bonchev–Trinajstić information content (AvgIpc) is 2.57. The summed E-state index contributed by atoms with van der Waals surface area (Å²) >= 11 is 0. The first-order valence-electron chi connectivity index (χ1n) is 7.41. The second-order valence-electron chi connectivity index (χ2n) is 5.69. The van der Waals surface area contributed by atoms with E-state index in [0.717, 1.165) is 5.69 Å². The van der Waals surface area contributed by atoms with Gasteiger partial charge in [0.2, 0.25) is 11.6 Å². The van der Waals surface area contributed by atoms with Crippen molar-refractivity contribution in [3.8, 4) is 0 Å². The van der Waals surface area contributed by atoms with Gasteiger partial charge in [-0.25, -0.2) is 0 Å². The molecule has 2 aromatic carbocycles. The molecule has 0 amide bonds. The largest absolute Gasteiger partial charge is 0.373 e. The zero-order valence-electron chi connectivity index (χ0n) is 13.4. The van der Waals surface area contributed by atoms with E-state index in [1.165, 1.54) is 0 Å². The van der Waals surface area contributed by atoms with Gasteiger partial charge in [0.25, 0.3) is 0 Å². The Balaban J connectivity index is 2.21. The van der Waals surface area contributed by atoms with Gasteiger partial charge in [-0.3, -0.25) is 9.59 Å². The molecule has 1 aliphatic rings. The summed E-state index contributed by atoms with van der Waals surface area (Å²) in [5.41, 5.74) is 2.61. The van der Waals surface area contributed by atoms with Crippen LogP contribution in [0.15, 0.2) is 66.0 Å². The van der Waals surface area contributed by atoms with Gasteiger partial charge >= 0.3 is 0 Å². The number of ketones is 2. The van der Waals surface area contributed by atoms with Crippen LogP contribution in [-0.2, 0) is 0 Å². The van der Waals surface area contributed by atoms with Crippen LogP contribution in [0.3, 0.4) is 0 Å². The fourth-order valence-electron chi connectivity index (χ4n) is 2.86. The second kappa shape index (κ2) is 5.72. The second-order valence-corrected chi connectivity index (χ2v) is 5.69. The number of hydrogen-bond donors (Lipinski definition) is 0. The molecule has 0 radical (unpaired) electrons. The molecule has 0 spiro atoms. The van der Waals surface area contributed by atoms with E-state index in [2.05, 4.69) is 0 Å². The quantitative estimate of drug-likeness (QED) is 0.874. The Bertz CT molecular complexity index is 807. The van der Waals surface area contributed by atoms with E-state index in [4.69, 9.17) is 0 Å². The minimum atomic E-state index is -0.129. The van der Waals surface area contributed by atoms with Crippen molar-refractivity contribution in [1.29, 1.82) is 0 Å². The number of benzene rings is 2. The first-order valence-corrected chi connectivity index (χ1v) is 7.41. The van der Waals surface area contributed by atoms with Crippen LogP contribution in [0.4, 0.5) is 5.69 Å². The number of likely N-dealkylation sites (N-methyl/N-ethyl adjacent to an activating group) is 2. The van der Waals surface area contributed by atoms with Gasteiger partial charge in [0.15, 0.2) is 0 Å². The molecule has 0 unspecified atom stereocenters. The highest BCUT2D eigenvalue weighted by Crippen LogP contribution is 2.31. The summed E-state index contributed by atoms with van der Waals surface area (Å²) in [5.74, 6) is -0.252. The van der Waals surface area contributed by atoms with Gasteiger partial charge in [0.05, 0.1) is 0 Å². The van der Waals surface area contributed by atoms with Crippen LogP contribution in [0.25, 0.3) is 0 Å². The van der Waals surface area contributed by atoms with Crippen molar-refractivity contribution in [3.05, 3.63) is 77.1 Å². The van der Waals surface area contributed by atoms with Gasteiger partial charge in [-0.2, -0.15) is 0 Å². The monoisotopic (exact) mass is 306 g/mol. The third-order valence-electron chi connectivity index (χ3n) is 4.00. The lowest BCUT2D eigenvalue weighted by Crippen LogP contribution is -2.36. The lowest BCUT2D eigenvalue weighted by atomic mass is 9.89. The molecule has 0 N–H and O–H groups in total. The Hall–Kier alpha value is -2.88. The molecule has 0 saturated carbocycles. The Kier molecular flexibility index (Phi) is 3.74. The summed E-state index contributed by atoms with van der Waals surface area (Å²) in [4.78, 5) is 29.4. The zero-order valence-corrected chi connectivity index (χ0v) is 13.4. The maximum Gasteiger partial charge on any atom is 0.212 e. The minimum absolute atomic E-state index is 0.122. The summed E-state index contributed by atoms with van der Waals surface area (Å²) in [6.45, 7) is 0. The van der Waals surface area contributed by atoms with Crippen molar-refractivity contribution in [2.24, 2.45) is 0 Å². The van der Waals surface area contributed by atoms with E-state index in [1.54, 1.807) is 48.2 Å². The maximum absolute atomic E-state index is 13.0. The standard InChI is InChI=1S/C19H18N2O2/c1-20(2)16-17(21(3)13-9-5-4-6-10-13)19(23)15-12-8-7-11-14(15)18(16)22/h4-12H,1-3H3. The van der Waals surface area contributed by atoms with E-state index in [9.17, 15) is 9.59 Å². The number of carbonyl (C=O) groups excluding carboxylic acids is 2. The van der Waals surface area contributed by atoms with E-state index in [0.29, 0.717) is 22.5 Å². The normalized spacial score (nSPS) is 13.9. The van der Waals surface area contributed by atoms with Crippen LogP contribution >= 0.6 is 0 Å². The topological polar surface area (TPSA) is 40.6 Å². The lowest BCUT2D eigenvalue weighted by Gasteiger charge is -2.31. The number of para-hydroxylation sites is 1. The van der Waals surface area contributed by atoms with Crippen molar-refractivity contribution in [2.45, 2.75) is 0 Å². The highest BCUT2D eigenvalue weighted by Gasteiger charge is 2.35. The molecular formula is C19H18N2O2. The van der Waals surface area contributed by atoms with Crippen molar-refractivity contribution >= 4 is 17.3 Å². The summed E-state index contributed by atoms with van der Waals surface area (Å²) in [5, 5.41) is 0. The predicted molar refractivity (Wildman–Crippen MR) is 90.7 cm³/mol. The number of Topliss-reactive ketones (excluding diaryl/α,β-unsaturated/α-hetero) is 2. The van der Waals surface area contributed by atoms with Gasteiger partial charge in [0, 0.05) is 38.0 Å². The summed E-state index contributed by atoms with van der Waals surface area (Å²) in [6, 6.07) is 16.5. The van der Waals surface area contributed by atoms with Gasteiger partial charge in [0.1, 0.15) is 11.4 Å². The predicted octanol–water partition coefficient (Wildman–Crippen LogP) is 2.98. The average molecular weight is 306 g/mol. The van der Waals surface area contributed by atoms with E-state index < -0.39 is 0 Å². The van der Waals surface area contributed by atoms with Crippen molar-refractivity contribution in [3.63, 3.8) is 0 Å². The van der Waals surface area contributed by atoms with Crippen LogP contribution in [0.5, 0.6) is 0 Å². The van der Waals surface area contributed by atoms with Crippen LogP contribution in [0.2, 0.25) is 0 Å². The smallest absolute Gasteiger partial charge is 0.212 e. The number of hydrogen-bond acceptors (Lipinski definition) is 4. The Labute approximate surface area is 135 Å². The van der Waals surface area contributed by atoms with Crippen molar-refractivity contribution < 1.29 is 9.59 Å². The van der Waals surface area contributed by atoms with Crippen LogP contribution in [0, 0.1) is 0 Å². The number of fused-ring (bicyclic) bond motifs is 1. The third-order valence-corrected chi connectivity index (χ3v) is 4.00. The fraction of sp³-hybridized carbons (Fsp3) is 0.158. The minimum Gasteiger partial charge on any atom is -0.373 e. The molecule has 2 aromatic rings. The fourth-order valence-corrected chi connectivity index (χ4v) is 2.86. The molecule has 1 aliphatic carbocycles. The van der Waals surface area contributed by atoms with E-state index in [1.807, 2.05) is 37.4 Å². The van der Waals surface area contributed by atoms with Crippen LogP contribution in [-0.4, -0.2) is 37.6 Å². The molecule has 23 heavy (non-hydrogen) atoms. The van der Waals surface area contributed by atoms with Gasteiger partial charge < -0.3 is 9.80 Å². The first kappa shape index (κ1) is 15.0. The van der Waals surface area contributed by atoms with Crippen molar-refractivity contribution in [1.82, 2.24) is 4.90 Å². The number of carbonyl (C=O) groups is 2. The van der Waals surface area contributed by atoms with Crippen LogP contribution in [0.1, 0.15) is 20.7 Å². The summed E-state index contributed by atoms with van der Waals surface area (Å²) < 4.78 is 0. The Morgan fingerprint density at radius 1 is 0.652 bits per heavy atom. The SMILES string of the molecule is CN(C)C1=C(N(C)c2ccccc2)C(=O)c2ccccc2C1=O. The molecule has 0 aromatic heterocycles. The molecule has 4 heteroatoms. The molecule has 0 heterocycles. The van der Waals surface area contributed by atoms with E-state index in [-0.39, 0.29) is 11.6 Å². The highest BCUT2D eigenvalue weighted by atomic mass is 16.1.